The average molecular weight is 657 g/mol. The summed E-state index contributed by atoms with van der Waals surface area (Å²) in [5.41, 5.74) is 5.38. The molecule has 0 aliphatic rings. The lowest BCUT2D eigenvalue weighted by molar-refractivity contribution is -0.141. The summed E-state index contributed by atoms with van der Waals surface area (Å²) in [5, 5.41) is 24.1. The van der Waals surface area contributed by atoms with Crippen LogP contribution < -0.4 is 32.3 Å². The molecule has 8 N–H and O–H groups in total. The van der Waals surface area contributed by atoms with Crippen LogP contribution in [0.3, 0.4) is 0 Å². The van der Waals surface area contributed by atoms with E-state index in [1.807, 2.05) is 27.7 Å². The van der Waals surface area contributed by atoms with Crippen LogP contribution >= 0.6 is 0 Å². The van der Waals surface area contributed by atoms with Crippen molar-refractivity contribution in [1.29, 1.82) is 0 Å². The first-order valence-electron chi connectivity index (χ1n) is 15.9. The Hall–Kier alpha value is -3.75. The first-order valence-corrected chi connectivity index (χ1v) is 15.9. The van der Waals surface area contributed by atoms with Gasteiger partial charge in [-0.3, -0.25) is 33.6 Å². The molecule has 0 aromatic rings. The van der Waals surface area contributed by atoms with Crippen LogP contribution in [0, 0.1) is 17.8 Å². The third-order valence-corrected chi connectivity index (χ3v) is 6.94. The highest BCUT2D eigenvalue weighted by Gasteiger charge is 2.33. The molecule has 0 heterocycles. The number of amides is 6. The zero-order valence-electron chi connectivity index (χ0n) is 28.6. The number of aliphatic hydroxyl groups excluding tert-OH is 1. The SMILES string of the molecule is CCNC(=O)[C@@H](NC(=O)C[C@H](O)[C@H](CC(C)C)NC(=O)[C@H](CC(N)=O)NC(=O)[C@@H](CC(C)C)NC(=O)CCCC(=O)OC)C(C)C. The number of nitrogens with one attached hydrogen (secondary N) is 5. The minimum absolute atomic E-state index is 0.0311. The van der Waals surface area contributed by atoms with Gasteiger partial charge in [0, 0.05) is 19.4 Å². The van der Waals surface area contributed by atoms with Gasteiger partial charge < -0.3 is 42.2 Å². The number of ether oxygens (including phenoxy) is 1. The summed E-state index contributed by atoms with van der Waals surface area (Å²) in [7, 11) is 1.24. The first kappa shape index (κ1) is 42.2. The lowest BCUT2D eigenvalue weighted by atomic mass is 9.95. The predicted molar refractivity (Wildman–Crippen MR) is 170 cm³/mol. The number of likely N-dealkylation sites (N-methyl/N-ethyl adjacent to an activating group) is 1. The maximum absolute atomic E-state index is 13.4. The van der Waals surface area contributed by atoms with Crippen LogP contribution in [0.25, 0.3) is 0 Å². The van der Waals surface area contributed by atoms with Gasteiger partial charge >= 0.3 is 5.97 Å². The van der Waals surface area contributed by atoms with E-state index in [1.165, 1.54) is 7.11 Å². The maximum atomic E-state index is 13.4. The zero-order chi connectivity index (χ0) is 35.6. The second-order valence-electron chi connectivity index (χ2n) is 12.6. The molecular formula is C31H56N6O9. The largest absolute Gasteiger partial charge is 0.469 e. The smallest absolute Gasteiger partial charge is 0.305 e. The van der Waals surface area contributed by atoms with Gasteiger partial charge in [-0.05, 0) is 43.9 Å². The number of rotatable bonds is 22. The minimum Gasteiger partial charge on any atom is -0.469 e. The van der Waals surface area contributed by atoms with Crippen LogP contribution in [0.1, 0.15) is 93.4 Å². The van der Waals surface area contributed by atoms with Crippen molar-refractivity contribution >= 4 is 41.4 Å². The topological polar surface area (TPSA) is 235 Å². The van der Waals surface area contributed by atoms with Gasteiger partial charge in [0.2, 0.25) is 35.4 Å². The van der Waals surface area contributed by atoms with Crippen LogP contribution in [0.5, 0.6) is 0 Å². The molecule has 15 nitrogen and oxygen atoms in total. The number of hydrogen-bond acceptors (Lipinski definition) is 9. The lowest BCUT2D eigenvalue weighted by Gasteiger charge is -2.29. The van der Waals surface area contributed by atoms with Crippen molar-refractivity contribution in [3.8, 4) is 0 Å². The highest BCUT2D eigenvalue weighted by Crippen LogP contribution is 2.13. The summed E-state index contributed by atoms with van der Waals surface area (Å²) >= 11 is 0. The van der Waals surface area contributed by atoms with Crippen LogP contribution in [-0.2, 0) is 38.3 Å². The Morgan fingerprint density at radius 1 is 0.717 bits per heavy atom. The molecule has 0 rings (SSSR count). The van der Waals surface area contributed by atoms with Crippen molar-refractivity contribution in [2.24, 2.45) is 23.5 Å². The van der Waals surface area contributed by atoms with Gasteiger partial charge in [0.05, 0.1) is 32.1 Å². The Kier molecular flexibility index (Phi) is 20.1. The summed E-state index contributed by atoms with van der Waals surface area (Å²) in [6, 6.07) is -4.25. The monoisotopic (exact) mass is 656 g/mol. The third kappa shape index (κ3) is 17.7. The van der Waals surface area contributed by atoms with Crippen molar-refractivity contribution in [3.05, 3.63) is 0 Å². The Morgan fingerprint density at radius 3 is 1.80 bits per heavy atom. The van der Waals surface area contributed by atoms with Crippen LogP contribution in [0.15, 0.2) is 0 Å². The molecule has 0 unspecified atom stereocenters. The molecule has 0 radical (unpaired) electrons. The maximum Gasteiger partial charge on any atom is 0.305 e. The normalized spacial score (nSPS) is 14.4. The van der Waals surface area contributed by atoms with E-state index in [2.05, 4.69) is 31.3 Å². The first-order chi connectivity index (χ1) is 21.4. The molecule has 46 heavy (non-hydrogen) atoms. The van der Waals surface area contributed by atoms with Crippen molar-refractivity contribution in [1.82, 2.24) is 26.6 Å². The molecule has 0 aliphatic carbocycles. The summed E-state index contributed by atoms with van der Waals surface area (Å²) in [4.78, 5) is 87.6. The van der Waals surface area contributed by atoms with E-state index < -0.39 is 78.6 Å². The summed E-state index contributed by atoms with van der Waals surface area (Å²) < 4.78 is 4.56. The number of nitrogens with two attached hydrogens (primary N) is 1. The van der Waals surface area contributed by atoms with Gasteiger partial charge in [-0.25, -0.2) is 0 Å². The van der Waals surface area contributed by atoms with Gasteiger partial charge in [0.25, 0.3) is 0 Å². The number of aliphatic hydroxyl groups is 1. The Bertz CT molecular complexity index is 1030. The Labute approximate surface area is 272 Å². The fraction of sp³-hybridized carbons (Fsp3) is 0.774. The molecule has 15 heteroatoms. The van der Waals surface area contributed by atoms with E-state index in [0.717, 1.165) is 0 Å². The van der Waals surface area contributed by atoms with Crippen molar-refractivity contribution in [2.75, 3.05) is 13.7 Å². The molecule has 0 fully saturated rings. The zero-order valence-corrected chi connectivity index (χ0v) is 28.6. The molecule has 0 aromatic heterocycles. The quantitative estimate of drug-likeness (QED) is 0.0762. The number of hydrogen-bond donors (Lipinski definition) is 7. The number of esters is 1. The summed E-state index contributed by atoms with van der Waals surface area (Å²) in [5.74, 6) is -4.60. The van der Waals surface area contributed by atoms with E-state index >= 15 is 0 Å². The molecule has 6 amide bonds. The average Bonchev–Trinajstić information content (AvgIpc) is 2.93. The predicted octanol–water partition coefficient (Wildman–Crippen LogP) is -0.220. The molecule has 5 atom stereocenters. The van der Waals surface area contributed by atoms with E-state index in [-0.39, 0.29) is 55.8 Å². The van der Waals surface area contributed by atoms with Gasteiger partial charge in [0.15, 0.2) is 0 Å². The van der Waals surface area contributed by atoms with E-state index in [1.54, 1.807) is 20.8 Å². The lowest BCUT2D eigenvalue weighted by Crippen LogP contribution is -2.57. The van der Waals surface area contributed by atoms with Crippen LogP contribution in [0.2, 0.25) is 0 Å². The van der Waals surface area contributed by atoms with E-state index in [4.69, 9.17) is 5.73 Å². The van der Waals surface area contributed by atoms with E-state index in [0.29, 0.717) is 6.54 Å². The molecule has 0 saturated carbocycles. The Balaban J connectivity index is 5.75. The van der Waals surface area contributed by atoms with Crippen molar-refractivity contribution in [2.45, 2.75) is 124 Å². The molecule has 264 valence electrons. The molecule has 0 aliphatic heterocycles. The molecule has 0 spiro atoms. The Morgan fingerprint density at radius 2 is 1.30 bits per heavy atom. The highest BCUT2D eigenvalue weighted by atomic mass is 16.5. The number of methoxy groups -OCH3 is 1. The highest BCUT2D eigenvalue weighted by molar-refractivity contribution is 5.94. The summed E-state index contributed by atoms with van der Waals surface area (Å²) in [6.45, 7) is 13.1. The standard InChI is InChI=1S/C31H56N6O9/c1-9-33-31(45)28(19(6)7)37-26(41)16-23(38)20(13-17(2)3)35-30(44)22(15-24(32)39)36-29(43)21(14-18(4)5)34-25(40)11-10-12-27(42)46-8/h17-23,28,38H,9-16H2,1-8H3,(H2,32,39)(H,33,45)(H,34,40)(H,35,44)(H,36,43)(H,37,41)/t20-,21+,22-,23-,28-/m0/s1. The van der Waals surface area contributed by atoms with Crippen molar-refractivity contribution in [3.63, 3.8) is 0 Å². The molecular weight excluding hydrogens is 600 g/mol. The van der Waals surface area contributed by atoms with Crippen LogP contribution in [-0.4, -0.2) is 90.4 Å². The van der Waals surface area contributed by atoms with Gasteiger partial charge in [-0.15, -0.1) is 0 Å². The third-order valence-electron chi connectivity index (χ3n) is 6.94. The second kappa shape index (κ2) is 21.9. The fourth-order valence-corrected chi connectivity index (χ4v) is 4.63. The minimum atomic E-state index is -1.44. The number of carbonyl (C=O) groups excluding carboxylic acids is 7. The van der Waals surface area contributed by atoms with Gasteiger partial charge in [-0.1, -0.05) is 41.5 Å². The van der Waals surface area contributed by atoms with Gasteiger partial charge in [0.1, 0.15) is 18.1 Å². The molecule has 0 aromatic carbocycles. The van der Waals surface area contributed by atoms with E-state index in [9.17, 15) is 38.7 Å². The second-order valence-corrected chi connectivity index (χ2v) is 12.6. The molecule has 0 saturated heterocycles. The number of primary amides is 1. The molecule has 0 bridgehead atoms. The number of carbonyl (C=O) groups is 7. The van der Waals surface area contributed by atoms with Crippen molar-refractivity contribution < 1.29 is 43.4 Å². The summed E-state index contributed by atoms with van der Waals surface area (Å²) in [6.07, 6.45) is -1.68. The fourth-order valence-electron chi connectivity index (χ4n) is 4.63. The van der Waals surface area contributed by atoms with Gasteiger partial charge in [-0.2, -0.15) is 0 Å². The van der Waals surface area contributed by atoms with Crippen LogP contribution in [0.4, 0.5) is 0 Å².